The number of ether oxygens (including phenoxy) is 1. The van der Waals surface area contributed by atoms with E-state index in [1.54, 1.807) is 0 Å². The number of carbonyl (C=O) groups excluding carboxylic acids is 2. The number of hydrogen-bond acceptors (Lipinski definition) is 3. The summed E-state index contributed by atoms with van der Waals surface area (Å²) in [5.41, 5.74) is 0.998. The third-order valence-electron chi connectivity index (χ3n) is 7.09. The fourth-order valence-corrected chi connectivity index (χ4v) is 5.35. The molecule has 0 bridgehead atoms. The Kier molecular flexibility index (Phi) is 6.53. The van der Waals surface area contributed by atoms with Gasteiger partial charge in [-0.25, -0.2) is 0 Å². The van der Waals surface area contributed by atoms with Gasteiger partial charge >= 0.3 is 0 Å². The molecule has 1 unspecified atom stereocenters. The second kappa shape index (κ2) is 9.29. The summed E-state index contributed by atoms with van der Waals surface area (Å²) in [7, 11) is 0. The van der Waals surface area contributed by atoms with Gasteiger partial charge in [0.05, 0.1) is 5.60 Å². The molecule has 0 aromatic heterocycles. The lowest BCUT2D eigenvalue weighted by Gasteiger charge is -2.46. The second-order valence-corrected chi connectivity index (χ2v) is 9.16. The maximum atomic E-state index is 12.7. The number of likely N-dealkylation sites (tertiary alicyclic amines) is 1. The molecule has 1 atom stereocenters. The zero-order valence-electron chi connectivity index (χ0n) is 17.4. The van der Waals surface area contributed by atoms with E-state index in [9.17, 15) is 9.59 Å². The van der Waals surface area contributed by atoms with Crippen molar-refractivity contribution in [2.24, 2.45) is 11.8 Å². The van der Waals surface area contributed by atoms with Crippen molar-refractivity contribution < 1.29 is 14.3 Å². The van der Waals surface area contributed by atoms with E-state index >= 15 is 0 Å². The highest BCUT2D eigenvalue weighted by molar-refractivity contribution is 5.79. The molecule has 1 saturated carbocycles. The van der Waals surface area contributed by atoms with Crippen LogP contribution >= 0.6 is 0 Å². The van der Waals surface area contributed by atoms with Crippen molar-refractivity contribution in [1.29, 1.82) is 0 Å². The van der Waals surface area contributed by atoms with E-state index in [2.05, 4.69) is 10.2 Å². The lowest BCUT2D eigenvalue weighted by molar-refractivity contribution is -0.151. The standard InChI is InChI=1S/C24H34N2O3/c27-22(25-18-19-6-2-1-3-7-19)16-20-10-15-29-24(17-20)11-13-26(14-12-24)23(28)21-8-4-5-9-21/h1-3,6-7,20-21H,4-5,8-18H2,(H,25,27). The molecule has 1 aromatic carbocycles. The molecule has 3 fully saturated rings. The van der Waals surface area contributed by atoms with Crippen LogP contribution in [0.2, 0.25) is 0 Å². The highest BCUT2D eigenvalue weighted by Gasteiger charge is 2.42. The first kappa shape index (κ1) is 20.4. The molecule has 5 heteroatoms. The number of piperidine rings is 1. The lowest BCUT2D eigenvalue weighted by atomic mass is 9.78. The van der Waals surface area contributed by atoms with Gasteiger partial charge in [-0.15, -0.1) is 0 Å². The number of benzene rings is 1. The zero-order valence-corrected chi connectivity index (χ0v) is 17.4. The first-order valence-electron chi connectivity index (χ1n) is 11.4. The van der Waals surface area contributed by atoms with Gasteiger partial charge in [0.15, 0.2) is 0 Å². The minimum atomic E-state index is -0.130. The number of amides is 2. The van der Waals surface area contributed by atoms with Crippen LogP contribution in [-0.2, 0) is 20.9 Å². The van der Waals surface area contributed by atoms with E-state index in [4.69, 9.17) is 4.74 Å². The maximum Gasteiger partial charge on any atom is 0.225 e. The quantitative estimate of drug-likeness (QED) is 0.823. The lowest BCUT2D eigenvalue weighted by Crippen LogP contribution is -2.52. The summed E-state index contributed by atoms with van der Waals surface area (Å²) in [6, 6.07) is 10.0. The summed E-state index contributed by atoms with van der Waals surface area (Å²) in [5.74, 6) is 1.13. The molecule has 1 aromatic rings. The van der Waals surface area contributed by atoms with Crippen LogP contribution in [0, 0.1) is 11.8 Å². The van der Waals surface area contributed by atoms with Crippen LogP contribution in [0.15, 0.2) is 30.3 Å². The molecule has 1 N–H and O–H groups in total. The third kappa shape index (κ3) is 5.19. The molecule has 2 amide bonds. The first-order valence-corrected chi connectivity index (χ1v) is 11.4. The summed E-state index contributed by atoms with van der Waals surface area (Å²) in [6.07, 6.45) is 8.82. The fourth-order valence-electron chi connectivity index (χ4n) is 5.35. The van der Waals surface area contributed by atoms with Crippen LogP contribution in [0.1, 0.15) is 63.4 Å². The minimum absolute atomic E-state index is 0.129. The molecule has 158 valence electrons. The fraction of sp³-hybridized carbons (Fsp3) is 0.667. The van der Waals surface area contributed by atoms with Crippen molar-refractivity contribution in [3.63, 3.8) is 0 Å². The van der Waals surface area contributed by atoms with Crippen molar-refractivity contribution in [1.82, 2.24) is 10.2 Å². The molecule has 1 spiro atoms. The Bertz CT molecular complexity index is 691. The second-order valence-electron chi connectivity index (χ2n) is 9.16. The molecule has 0 radical (unpaired) electrons. The van der Waals surface area contributed by atoms with Gasteiger partial charge in [-0.05, 0) is 50.0 Å². The topological polar surface area (TPSA) is 58.6 Å². The SMILES string of the molecule is O=C(CC1CCOC2(CCN(C(=O)C3CCCC3)CC2)C1)NCc1ccccc1. The van der Waals surface area contributed by atoms with Gasteiger partial charge in [0.2, 0.25) is 11.8 Å². The molecule has 29 heavy (non-hydrogen) atoms. The molecule has 2 heterocycles. The first-order chi connectivity index (χ1) is 14.1. The highest BCUT2D eigenvalue weighted by Crippen LogP contribution is 2.39. The van der Waals surface area contributed by atoms with Crippen molar-refractivity contribution in [2.45, 2.75) is 69.9 Å². The molecular formula is C24H34N2O3. The van der Waals surface area contributed by atoms with E-state index in [-0.39, 0.29) is 17.4 Å². The zero-order chi connectivity index (χ0) is 20.1. The van der Waals surface area contributed by atoms with Gasteiger partial charge in [0.1, 0.15) is 0 Å². The van der Waals surface area contributed by atoms with Gasteiger partial charge in [-0.1, -0.05) is 43.2 Å². The minimum Gasteiger partial charge on any atom is -0.375 e. The largest absolute Gasteiger partial charge is 0.375 e. The van der Waals surface area contributed by atoms with Crippen LogP contribution in [-0.4, -0.2) is 42.0 Å². The molecule has 5 nitrogen and oxygen atoms in total. The van der Waals surface area contributed by atoms with Gasteiger partial charge in [0.25, 0.3) is 0 Å². The Morgan fingerprint density at radius 3 is 2.52 bits per heavy atom. The molecule has 2 aliphatic heterocycles. The van der Waals surface area contributed by atoms with E-state index < -0.39 is 0 Å². The van der Waals surface area contributed by atoms with Gasteiger partial charge in [-0.3, -0.25) is 9.59 Å². The molecule has 2 saturated heterocycles. The van der Waals surface area contributed by atoms with Crippen LogP contribution in [0.5, 0.6) is 0 Å². The number of rotatable bonds is 5. The van der Waals surface area contributed by atoms with E-state index in [1.165, 1.54) is 12.8 Å². The van der Waals surface area contributed by atoms with E-state index in [1.807, 2.05) is 30.3 Å². The molecule has 4 rings (SSSR count). The number of carbonyl (C=O) groups is 2. The summed E-state index contributed by atoms with van der Waals surface area (Å²) in [5, 5.41) is 3.06. The van der Waals surface area contributed by atoms with Crippen molar-refractivity contribution >= 4 is 11.8 Å². The Labute approximate surface area is 174 Å². The van der Waals surface area contributed by atoms with E-state index in [0.717, 1.165) is 63.8 Å². The summed E-state index contributed by atoms with van der Waals surface area (Å²) < 4.78 is 6.23. The molecular weight excluding hydrogens is 364 g/mol. The smallest absolute Gasteiger partial charge is 0.225 e. The number of hydrogen-bond donors (Lipinski definition) is 1. The van der Waals surface area contributed by atoms with E-state index in [0.29, 0.717) is 24.8 Å². The van der Waals surface area contributed by atoms with Gasteiger partial charge in [-0.2, -0.15) is 0 Å². The average Bonchev–Trinajstić information content (AvgIpc) is 3.28. The third-order valence-corrected chi connectivity index (χ3v) is 7.09. The Balaban J connectivity index is 1.24. The highest BCUT2D eigenvalue weighted by atomic mass is 16.5. The summed E-state index contributed by atoms with van der Waals surface area (Å²) in [4.78, 5) is 27.2. The predicted molar refractivity (Wildman–Crippen MR) is 112 cm³/mol. The Hall–Kier alpha value is -1.88. The van der Waals surface area contributed by atoms with Crippen molar-refractivity contribution in [2.75, 3.05) is 19.7 Å². The van der Waals surface area contributed by atoms with Gasteiger partial charge < -0.3 is 15.0 Å². The van der Waals surface area contributed by atoms with Crippen LogP contribution in [0.25, 0.3) is 0 Å². The van der Waals surface area contributed by atoms with Crippen LogP contribution in [0.4, 0.5) is 0 Å². The van der Waals surface area contributed by atoms with Crippen LogP contribution in [0.3, 0.4) is 0 Å². The average molecular weight is 399 g/mol. The summed E-state index contributed by atoms with van der Waals surface area (Å²) in [6.45, 7) is 2.93. The molecule has 1 aliphatic carbocycles. The number of nitrogens with zero attached hydrogens (tertiary/aromatic N) is 1. The number of nitrogens with one attached hydrogen (secondary N) is 1. The Morgan fingerprint density at radius 1 is 1.07 bits per heavy atom. The summed E-state index contributed by atoms with van der Waals surface area (Å²) >= 11 is 0. The monoisotopic (exact) mass is 398 g/mol. The molecule has 3 aliphatic rings. The normalized spacial score (nSPS) is 24.6. The maximum absolute atomic E-state index is 12.7. The van der Waals surface area contributed by atoms with Crippen molar-refractivity contribution in [3.05, 3.63) is 35.9 Å². The Morgan fingerprint density at radius 2 is 1.79 bits per heavy atom. The van der Waals surface area contributed by atoms with Crippen LogP contribution < -0.4 is 5.32 Å². The van der Waals surface area contributed by atoms with Gasteiger partial charge in [0, 0.05) is 38.6 Å². The predicted octanol–water partition coefficient (Wildman–Crippen LogP) is 3.67. The van der Waals surface area contributed by atoms with Crippen molar-refractivity contribution in [3.8, 4) is 0 Å².